The van der Waals surface area contributed by atoms with E-state index in [9.17, 15) is 18.0 Å². The Hall–Kier alpha value is -2.82. The van der Waals surface area contributed by atoms with E-state index in [-0.39, 0.29) is 47.2 Å². The smallest absolute Gasteiger partial charge is 0.262 e. The van der Waals surface area contributed by atoms with Crippen molar-refractivity contribution in [3.05, 3.63) is 47.0 Å². The van der Waals surface area contributed by atoms with Gasteiger partial charge >= 0.3 is 0 Å². The number of nitrogens with zero attached hydrogens (tertiary/aromatic N) is 1. The zero-order chi connectivity index (χ0) is 23.6. The molecule has 176 valence electrons. The fourth-order valence-corrected chi connectivity index (χ4v) is 6.05. The van der Waals surface area contributed by atoms with Crippen LogP contribution >= 0.6 is 11.6 Å². The molecule has 4 rings (SSSR count). The molecule has 1 atom stereocenters. The van der Waals surface area contributed by atoms with Gasteiger partial charge in [-0.25, -0.2) is 8.42 Å². The number of sulfonamides is 1. The summed E-state index contributed by atoms with van der Waals surface area (Å²) in [5.74, 6) is 0.236. The van der Waals surface area contributed by atoms with E-state index >= 15 is 0 Å². The third-order valence-corrected chi connectivity index (χ3v) is 7.83. The summed E-state index contributed by atoms with van der Waals surface area (Å²) in [7, 11) is -4.07. The lowest BCUT2D eigenvalue weighted by Crippen LogP contribution is -2.45. The second kappa shape index (κ2) is 9.58. The molecular formula is C22H24ClN3O6S. The number of nitrogens with one attached hydrogen (secondary N) is 2. The maximum Gasteiger partial charge on any atom is 0.262 e. The van der Waals surface area contributed by atoms with Gasteiger partial charge in [-0.15, -0.1) is 0 Å². The summed E-state index contributed by atoms with van der Waals surface area (Å²) in [5, 5.41) is 5.36. The van der Waals surface area contributed by atoms with Crippen LogP contribution in [0.2, 0.25) is 5.02 Å². The first-order valence-electron chi connectivity index (χ1n) is 10.6. The lowest BCUT2D eigenvalue weighted by atomic mass is 10.2. The molecule has 1 fully saturated rings. The topological polar surface area (TPSA) is 114 Å². The molecule has 0 spiro atoms. The van der Waals surface area contributed by atoms with E-state index in [1.54, 1.807) is 0 Å². The molecule has 2 aromatic carbocycles. The van der Waals surface area contributed by atoms with Crippen molar-refractivity contribution >= 4 is 39.1 Å². The Morgan fingerprint density at radius 1 is 1.30 bits per heavy atom. The van der Waals surface area contributed by atoms with E-state index < -0.39 is 16.1 Å². The molecule has 2 N–H and O–H groups in total. The lowest BCUT2D eigenvalue weighted by Gasteiger charge is -2.25. The zero-order valence-electron chi connectivity index (χ0n) is 18.0. The normalized spacial score (nSPS) is 18.2. The monoisotopic (exact) mass is 493 g/mol. The molecule has 2 aromatic rings. The molecule has 2 aliphatic heterocycles. The van der Waals surface area contributed by atoms with Crippen molar-refractivity contribution in [1.29, 1.82) is 0 Å². The van der Waals surface area contributed by atoms with E-state index in [0.717, 1.165) is 11.3 Å². The van der Waals surface area contributed by atoms with Crippen LogP contribution in [0.1, 0.15) is 25.3 Å². The number of halogens is 1. The van der Waals surface area contributed by atoms with E-state index in [2.05, 4.69) is 10.6 Å². The molecule has 0 aliphatic carbocycles. The largest absolute Gasteiger partial charge is 0.494 e. The third kappa shape index (κ3) is 4.92. The van der Waals surface area contributed by atoms with Crippen LogP contribution in [-0.4, -0.2) is 50.3 Å². The molecule has 11 heteroatoms. The number of rotatable bonds is 7. The zero-order valence-corrected chi connectivity index (χ0v) is 19.5. The Balaban J connectivity index is 1.49. The van der Waals surface area contributed by atoms with Gasteiger partial charge in [0.05, 0.1) is 17.3 Å². The summed E-state index contributed by atoms with van der Waals surface area (Å²) in [6.45, 7) is 2.72. The van der Waals surface area contributed by atoms with Gasteiger partial charge < -0.3 is 20.1 Å². The molecule has 33 heavy (non-hydrogen) atoms. The van der Waals surface area contributed by atoms with Crippen molar-refractivity contribution in [3.8, 4) is 11.5 Å². The van der Waals surface area contributed by atoms with E-state index in [4.69, 9.17) is 21.1 Å². The lowest BCUT2D eigenvalue weighted by molar-refractivity contribution is -0.124. The maximum atomic E-state index is 13.4. The molecule has 0 bridgehead atoms. The predicted octanol–water partition coefficient (Wildman–Crippen LogP) is 2.54. The van der Waals surface area contributed by atoms with Gasteiger partial charge in [0.1, 0.15) is 22.4 Å². The van der Waals surface area contributed by atoms with Crippen molar-refractivity contribution in [2.24, 2.45) is 0 Å². The van der Waals surface area contributed by atoms with Gasteiger partial charge in [0.2, 0.25) is 15.9 Å². The summed E-state index contributed by atoms with van der Waals surface area (Å²) in [6, 6.07) is 9.13. The molecule has 0 unspecified atom stereocenters. The number of carbonyl (C=O) groups is 2. The van der Waals surface area contributed by atoms with Crippen LogP contribution in [0.25, 0.3) is 0 Å². The van der Waals surface area contributed by atoms with Gasteiger partial charge in [-0.1, -0.05) is 23.7 Å². The second-order valence-electron chi connectivity index (χ2n) is 7.68. The van der Waals surface area contributed by atoms with E-state index in [0.29, 0.717) is 25.1 Å². The Kier molecular flexibility index (Phi) is 6.78. The minimum Gasteiger partial charge on any atom is -0.494 e. The Morgan fingerprint density at radius 3 is 2.79 bits per heavy atom. The molecule has 9 nitrogen and oxygen atoms in total. The average molecular weight is 494 g/mol. The average Bonchev–Trinajstić information content (AvgIpc) is 3.29. The second-order valence-corrected chi connectivity index (χ2v) is 9.95. The third-order valence-electron chi connectivity index (χ3n) is 5.46. The van der Waals surface area contributed by atoms with Gasteiger partial charge in [0, 0.05) is 19.2 Å². The fourth-order valence-electron chi connectivity index (χ4n) is 3.87. The Bertz CT molecular complexity index is 1170. The summed E-state index contributed by atoms with van der Waals surface area (Å²) >= 11 is 6.25. The molecule has 1 saturated heterocycles. The maximum absolute atomic E-state index is 13.4. The van der Waals surface area contributed by atoms with Crippen LogP contribution < -0.4 is 20.1 Å². The SMILES string of the molecule is CCOc1ccc(CNC(=O)[C@@H]2CCCN2S(=O)(=O)c2cc3c(cc2Cl)NC(=O)CO3)cc1. The molecule has 0 saturated carbocycles. The Morgan fingerprint density at radius 2 is 2.06 bits per heavy atom. The van der Waals surface area contributed by atoms with Gasteiger partial charge in [-0.3, -0.25) is 9.59 Å². The number of hydrogen-bond donors (Lipinski definition) is 2. The summed E-state index contributed by atoms with van der Waals surface area (Å²) in [6.07, 6.45) is 0.957. The summed E-state index contributed by atoms with van der Waals surface area (Å²) in [5.41, 5.74) is 1.18. The first-order valence-corrected chi connectivity index (χ1v) is 12.4. The Labute approximate surface area is 197 Å². The van der Waals surface area contributed by atoms with Crippen LogP contribution in [0.3, 0.4) is 0 Å². The highest BCUT2D eigenvalue weighted by molar-refractivity contribution is 7.89. The highest BCUT2D eigenvalue weighted by Gasteiger charge is 2.40. The summed E-state index contributed by atoms with van der Waals surface area (Å²) in [4.78, 5) is 24.2. The number of hydrogen-bond acceptors (Lipinski definition) is 6. The van der Waals surface area contributed by atoms with Gasteiger partial charge in [0.25, 0.3) is 5.91 Å². The molecule has 2 amide bonds. The predicted molar refractivity (Wildman–Crippen MR) is 122 cm³/mol. The van der Waals surface area contributed by atoms with Crippen molar-refractivity contribution < 1.29 is 27.5 Å². The standard InChI is InChI=1S/C22H24ClN3O6S/c1-2-31-15-7-5-14(6-8-15)12-24-22(28)18-4-3-9-26(18)33(29,30)20-11-19-17(10-16(20)23)25-21(27)13-32-19/h5-8,10-11,18H,2-4,9,12-13H2,1H3,(H,24,28)(H,25,27)/t18-/m0/s1. The number of fused-ring (bicyclic) bond motifs is 1. The molecule has 2 heterocycles. The van der Waals surface area contributed by atoms with E-state index in [1.807, 2.05) is 31.2 Å². The fraction of sp³-hybridized carbons (Fsp3) is 0.364. The van der Waals surface area contributed by atoms with Crippen molar-refractivity contribution in [3.63, 3.8) is 0 Å². The first kappa shape index (κ1) is 23.3. The minimum atomic E-state index is -4.07. The number of anilines is 1. The van der Waals surface area contributed by atoms with Crippen LogP contribution in [0.15, 0.2) is 41.3 Å². The summed E-state index contributed by atoms with van der Waals surface area (Å²) < 4.78 is 38.7. The van der Waals surface area contributed by atoms with Crippen LogP contribution in [-0.2, 0) is 26.2 Å². The van der Waals surface area contributed by atoms with Crippen LogP contribution in [0.5, 0.6) is 11.5 Å². The van der Waals surface area contributed by atoms with Gasteiger partial charge in [-0.2, -0.15) is 4.31 Å². The van der Waals surface area contributed by atoms with Crippen LogP contribution in [0.4, 0.5) is 5.69 Å². The number of benzene rings is 2. The number of carbonyl (C=O) groups excluding carboxylic acids is 2. The van der Waals surface area contributed by atoms with Gasteiger partial charge in [-0.05, 0) is 43.5 Å². The molecular weight excluding hydrogens is 470 g/mol. The van der Waals surface area contributed by atoms with Gasteiger partial charge in [0.15, 0.2) is 6.61 Å². The quantitative estimate of drug-likeness (QED) is 0.612. The molecule has 2 aliphatic rings. The minimum absolute atomic E-state index is 0.0556. The van der Waals surface area contributed by atoms with Crippen molar-refractivity contribution in [1.82, 2.24) is 9.62 Å². The highest BCUT2D eigenvalue weighted by atomic mass is 35.5. The van der Waals surface area contributed by atoms with E-state index in [1.165, 1.54) is 16.4 Å². The van der Waals surface area contributed by atoms with Crippen LogP contribution in [0, 0.1) is 0 Å². The molecule has 0 radical (unpaired) electrons. The molecule has 0 aromatic heterocycles. The number of ether oxygens (including phenoxy) is 2. The highest BCUT2D eigenvalue weighted by Crippen LogP contribution is 2.38. The van der Waals surface area contributed by atoms with Crippen molar-refractivity contribution in [2.75, 3.05) is 25.1 Å². The first-order chi connectivity index (χ1) is 15.8. The van der Waals surface area contributed by atoms with Crippen molar-refractivity contribution in [2.45, 2.75) is 37.2 Å². The number of amides is 2.